The SMILES string of the molecule is CC.CC1C(=O)NC/C1=C/c1cc(C2NC(=O)NC2=O)oc1CF.Cc1ccc(OCC2CC2)c(F)c1C(=O)N(C)C. The van der Waals surface area contributed by atoms with Crippen LogP contribution in [0.1, 0.15) is 72.7 Å². The molecule has 2 unspecified atom stereocenters. The van der Waals surface area contributed by atoms with Crippen LogP contribution in [-0.4, -0.2) is 55.9 Å². The fourth-order valence-electron chi connectivity index (χ4n) is 4.23. The molecule has 2 atom stereocenters. The van der Waals surface area contributed by atoms with Gasteiger partial charge < -0.3 is 24.7 Å². The molecule has 2 aromatic rings. The van der Waals surface area contributed by atoms with Crippen molar-refractivity contribution in [3.8, 4) is 5.75 Å². The van der Waals surface area contributed by atoms with Crippen molar-refractivity contribution in [2.45, 2.75) is 53.3 Å². The van der Waals surface area contributed by atoms with Crippen LogP contribution in [0.25, 0.3) is 6.08 Å². The number of nitrogens with zero attached hydrogens (tertiary/aromatic N) is 1. The Morgan fingerprint density at radius 2 is 1.86 bits per heavy atom. The van der Waals surface area contributed by atoms with Gasteiger partial charge in [-0.25, -0.2) is 13.6 Å². The molecule has 1 aromatic heterocycles. The standard InChI is InChI=1S/C14H14FN3O4.C14H18FNO2.C2H6/c1-6-8(5-16-12(6)19)2-7-3-9(22-10(7)4-15)11-13(20)18-14(21)17-11;1-9-4-7-11(18-8-10-5-6-10)13(15)12(9)14(17)16(2)3;1-2/h2-3,6,11H,4-5H2,1H3,(H,16,19)(H2,17,18,20,21);4,7,10H,5-6,8H2,1-3H3;1-2H3/b8-2-;;. The summed E-state index contributed by atoms with van der Waals surface area (Å²) in [5.74, 6) is -0.850. The maximum Gasteiger partial charge on any atom is 0.322 e. The summed E-state index contributed by atoms with van der Waals surface area (Å²) >= 11 is 0. The summed E-state index contributed by atoms with van der Waals surface area (Å²) in [5, 5.41) is 7.18. The third-order valence-electron chi connectivity index (χ3n) is 6.90. The van der Waals surface area contributed by atoms with E-state index < -0.39 is 30.5 Å². The van der Waals surface area contributed by atoms with Crippen LogP contribution in [0, 0.1) is 24.6 Å². The van der Waals surface area contributed by atoms with Crippen molar-refractivity contribution in [1.82, 2.24) is 20.9 Å². The molecule has 0 radical (unpaired) electrons. The Morgan fingerprint density at radius 3 is 2.38 bits per heavy atom. The zero-order chi connectivity index (χ0) is 31.1. The van der Waals surface area contributed by atoms with Crippen LogP contribution in [0.2, 0.25) is 0 Å². The molecule has 5 rings (SSSR count). The molecule has 1 aromatic carbocycles. The molecular weight excluding hydrogens is 550 g/mol. The first-order valence-corrected chi connectivity index (χ1v) is 13.9. The number of carbonyl (C=O) groups is 4. The Labute approximate surface area is 243 Å². The number of carbonyl (C=O) groups excluding carboxylic acids is 4. The molecule has 2 saturated heterocycles. The smallest absolute Gasteiger partial charge is 0.322 e. The summed E-state index contributed by atoms with van der Waals surface area (Å²) < 4.78 is 38.1. The molecule has 3 N–H and O–H groups in total. The first-order valence-electron chi connectivity index (χ1n) is 13.9. The summed E-state index contributed by atoms with van der Waals surface area (Å²) in [5.41, 5.74) is 2.01. The topological polar surface area (TPSA) is 130 Å². The van der Waals surface area contributed by atoms with Crippen LogP contribution in [0.15, 0.2) is 28.2 Å². The lowest BCUT2D eigenvalue weighted by atomic mass is 10.0. The minimum Gasteiger partial charge on any atom is -0.490 e. The number of benzene rings is 1. The molecule has 0 spiro atoms. The number of furan rings is 1. The van der Waals surface area contributed by atoms with Gasteiger partial charge in [-0.1, -0.05) is 19.9 Å². The average molecular weight is 589 g/mol. The summed E-state index contributed by atoms with van der Waals surface area (Å²) in [4.78, 5) is 47.5. The second kappa shape index (κ2) is 14.1. The van der Waals surface area contributed by atoms with Gasteiger partial charge in [0, 0.05) is 26.2 Å². The van der Waals surface area contributed by atoms with E-state index >= 15 is 0 Å². The Morgan fingerprint density at radius 1 is 1.17 bits per heavy atom. The highest BCUT2D eigenvalue weighted by atomic mass is 19.1. The fourth-order valence-corrected chi connectivity index (χ4v) is 4.23. The lowest BCUT2D eigenvalue weighted by Gasteiger charge is -2.15. The van der Waals surface area contributed by atoms with Crippen LogP contribution in [0.3, 0.4) is 0 Å². The van der Waals surface area contributed by atoms with Crippen LogP contribution in [0.5, 0.6) is 5.75 Å². The lowest BCUT2D eigenvalue weighted by molar-refractivity contribution is -0.122. The minimum atomic E-state index is -0.967. The predicted octanol–water partition coefficient (Wildman–Crippen LogP) is 4.43. The molecule has 10 nitrogen and oxygen atoms in total. The maximum atomic E-state index is 14.2. The van der Waals surface area contributed by atoms with Crippen molar-refractivity contribution >= 4 is 29.8 Å². The van der Waals surface area contributed by atoms with Crippen molar-refractivity contribution in [3.05, 3.63) is 57.8 Å². The van der Waals surface area contributed by atoms with E-state index in [2.05, 4.69) is 16.0 Å². The average Bonchev–Trinajstić information content (AvgIpc) is 3.50. The van der Waals surface area contributed by atoms with E-state index in [1.54, 1.807) is 46.2 Å². The summed E-state index contributed by atoms with van der Waals surface area (Å²) in [7, 11) is 3.22. The number of ether oxygens (including phenoxy) is 1. The molecule has 3 heterocycles. The van der Waals surface area contributed by atoms with Gasteiger partial charge in [0.25, 0.3) is 11.8 Å². The number of rotatable bonds is 7. The molecular formula is C30H38F2N4O6. The first kappa shape index (κ1) is 32.3. The van der Waals surface area contributed by atoms with Crippen LogP contribution in [-0.2, 0) is 16.3 Å². The number of alkyl halides is 1. The summed E-state index contributed by atoms with van der Waals surface area (Å²) in [6, 6.07) is 3.24. The Hall–Kier alpha value is -4.22. The van der Waals surface area contributed by atoms with Gasteiger partial charge in [-0.3, -0.25) is 19.7 Å². The molecule has 0 bridgehead atoms. The number of imide groups is 1. The van der Waals surface area contributed by atoms with Crippen molar-refractivity contribution in [3.63, 3.8) is 0 Å². The number of urea groups is 1. The Balaban J connectivity index is 0.000000222. The third kappa shape index (κ3) is 7.54. The molecule has 3 fully saturated rings. The fraction of sp³-hybridized carbons (Fsp3) is 0.467. The van der Waals surface area contributed by atoms with E-state index in [-0.39, 0.29) is 40.6 Å². The number of aryl methyl sites for hydroxylation is 1. The van der Waals surface area contributed by atoms with E-state index in [4.69, 9.17) is 9.15 Å². The van der Waals surface area contributed by atoms with Gasteiger partial charge in [0.2, 0.25) is 5.91 Å². The minimum absolute atomic E-state index is 0.0583. The third-order valence-corrected chi connectivity index (χ3v) is 6.90. The zero-order valence-electron chi connectivity index (χ0n) is 24.7. The number of amides is 5. The number of hydrogen-bond donors (Lipinski definition) is 3. The van der Waals surface area contributed by atoms with Crippen molar-refractivity contribution < 1.29 is 37.1 Å². The zero-order valence-corrected chi connectivity index (χ0v) is 24.7. The maximum absolute atomic E-state index is 14.2. The Kier molecular flexibility index (Phi) is 10.8. The summed E-state index contributed by atoms with van der Waals surface area (Å²) in [6.07, 6.45) is 3.98. The van der Waals surface area contributed by atoms with E-state index in [1.807, 2.05) is 13.8 Å². The molecule has 2 aliphatic heterocycles. The van der Waals surface area contributed by atoms with Gasteiger partial charge in [-0.05, 0) is 62.0 Å². The lowest BCUT2D eigenvalue weighted by Crippen LogP contribution is -2.24. The Bertz CT molecular complexity index is 1370. The molecule has 1 aliphatic carbocycles. The molecule has 228 valence electrons. The van der Waals surface area contributed by atoms with Crippen molar-refractivity contribution in [1.29, 1.82) is 0 Å². The van der Waals surface area contributed by atoms with Gasteiger partial charge >= 0.3 is 6.03 Å². The molecule has 5 amide bonds. The molecule has 1 saturated carbocycles. The largest absolute Gasteiger partial charge is 0.490 e. The van der Waals surface area contributed by atoms with E-state index in [1.165, 1.54) is 11.0 Å². The monoisotopic (exact) mass is 588 g/mol. The van der Waals surface area contributed by atoms with Crippen molar-refractivity contribution in [2.75, 3.05) is 27.2 Å². The van der Waals surface area contributed by atoms with Crippen LogP contribution >= 0.6 is 0 Å². The molecule has 12 heteroatoms. The van der Waals surface area contributed by atoms with Gasteiger partial charge in [0.15, 0.2) is 17.6 Å². The number of halogens is 2. The van der Waals surface area contributed by atoms with E-state index in [0.29, 0.717) is 30.2 Å². The van der Waals surface area contributed by atoms with Crippen LogP contribution in [0.4, 0.5) is 13.6 Å². The highest BCUT2D eigenvalue weighted by Crippen LogP contribution is 2.32. The molecule has 3 aliphatic rings. The van der Waals surface area contributed by atoms with Gasteiger partial charge in [0.1, 0.15) is 18.2 Å². The van der Waals surface area contributed by atoms with Crippen molar-refractivity contribution in [2.24, 2.45) is 11.8 Å². The van der Waals surface area contributed by atoms with Gasteiger partial charge in [-0.2, -0.15) is 0 Å². The summed E-state index contributed by atoms with van der Waals surface area (Å²) in [6.45, 7) is 7.57. The second-order valence-corrected chi connectivity index (χ2v) is 10.2. The quantitative estimate of drug-likeness (QED) is 0.411. The number of nitrogens with one attached hydrogen (secondary N) is 3. The highest BCUT2D eigenvalue weighted by Gasteiger charge is 2.34. The van der Waals surface area contributed by atoms with E-state index in [9.17, 15) is 28.0 Å². The van der Waals surface area contributed by atoms with Crippen LogP contribution < -0.4 is 20.7 Å². The first-order chi connectivity index (χ1) is 20.0. The van der Waals surface area contributed by atoms with E-state index in [0.717, 1.165) is 18.4 Å². The van der Waals surface area contributed by atoms with Gasteiger partial charge in [0.05, 0.1) is 18.1 Å². The van der Waals surface area contributed by atoms with Gasteiger partial charge in [-0.15, -0.1) is 0 Å². The predicted molar refractivity (Wildman–Crippen MR) is 152 cm³/mol. The number of hydrogen-bond acceptors (Lipinski definition) is 6. The molecule has 42 heavy (non-hydrogen) atoms. The second-order valence-electron chi connectivity index (χ2n) is 10.2. The highest BCUT2D eigenvalue weighted by molar-refractivity contribution is 6.04. The normalized spacial score (nSPS) is 20.1.